The number of benzene rings is 3. The third-order valence-electron chi connectivity index (χ3n) is 4.69. The lowest BCUT2D eigenvalue weighted by Crippen LogP contribution is -2.41. The maximum atomic E-state index is 13.4. The van der Waals surface area contributed by atoms with Gasteiger partial charge in [-0.05, 0) is 55.3 Å². The largest absolute Gasteiger partial charge is 0.354 e. The van der Waals surface area contributed by atoms with Gasteiger partial charge in [-0.3, -0.25) is 9.10 Å². The second-order valence-electron chi connectivity index (χ2n) is 7.13. The minimum atomic E-state index is -3.89. The molecular formula is C24H26N2O3S2. The van der Waals surface area contributed by atoms with Crippen LogP contribution in [0, 0.1) is 13.8 Å². The number of sulfonamides is 1. The summed E-state index contributed by atoms with van der Waals surface area (Å²) in [4.78, 5) is 14.0. The van der Waals surface area contributed by atoms with Gasteiger partial charge in [0.1, 0.15) is 6.54 Å². The van der Waals surface area contributed by atoms with Gasteiger partial charge in [-0.15, -0.1) is 11.8 Å². The Morgan fingerprint density at radius 2 is 1.58 bits per heavy atom. The second kappa shape index (κ2) is 10.5. The first-order valence-electron chi connectivity index (χ1n) is 9.97. The van der Waals surface area contributed by atoms with Crippen molar-refractivity contribution in [3.63, 3.8) is 0 Å². The number of rotatable bonds is 9. The Bertz CT molecular complexity index is 1120. The summed E-state index contributed by atoms with van der Waals surface area (Å²) < 4.78 is 28.0. The molecule has 0 aromatic heterocycles. The summed E-state index contributed by atoms with van der Waals surface area (Å²) in [6.45, 7) is 3.91. The van der Waals surface area contributed by atoms with Crippen molar-refractivity contribution in [1.82, 2.24) is 5.32 Å². The van der Waals surface area contributed by atoms with Crippen molar-refractivity contribution in [3.05, 3.63) is 90.0 Å². The molecule has 0 saturated carbocycles. The maximum Gasteiger partial charge on any atom is 0.264 e. The molecule has 0 fully saturated rings. The van der Waals surface area contributed by atoms with Crippen LogP contribution in [0.1, 0.15) is 11.1 Å². The van der Waals surface area contributed by atoms with E-state index in [0.29, 0.717) is 18.0 Å². The number of anilines is 1. The Morgan fingerprint density at radius 1 is 0.935 bits per heavy atom. The van der Waals surface area contributed by atoms with Crippen molar-refractivity contribution < 1.29 is 13.2 Å². The van der Waals surface area contributed by atoms with Crippen LogP contribution in [0.5, 0.6) is 0 Å². The van der Waals surface area contributed by atoms with E-state index in [0.717, 1.165) is 16.0 Å². The summed E-state index contributed by atoms with van der Waals surface area (Å²) in [5.74, 6) is 0.360. The van der Waals surface area contributed by atoms with Gasteiger partial charge in [-0.25, -0.2) is 8.42 Å². The van der Waals surface area contributed by atoms with Crippen LogP contribution in [0.3, 0.4) is 0 Å². The van der Waals surface area contributed by atoms with E-state index in [9.17, 15) is 13.2 Å². The van der Waals surface area contributed by atoms with Crippen LogP contribution in [0.15, 0.2) is 88.7 Å². The molecule has 3 aromatic carbocycles. The first-order chi connectivity index (χ1) is 14.9. The number of hydrogen-bond donors (Lipinski definition) is 1. The van der Waals surface area contributed by atoms with Crippen molar-refractivity contribution >= 4 is 33.4 Å². The van der Waals surface area contributed by atoms with Gasteiger partial charge in [-0.1, -0.05) is 48.5 Å². The van der Waals surface area contributed by atoms with E-state index >= 15 is 0 Å². The average Bonchev–Trinajstić information content (AvgIpc) is 2.78. The Morgan fingerprint density at radius 3 is 2.26 bits per heavy atom. The van der Waals surface area contributed by atoms with Crippen molar-refractivity contribution in [2.45, 2.75) is 23.6 Å². The van der Waals surface area contributed by atoms with Crippen LogP contribution >= 0.6 is 11.8 Å². The average molecular weight is 455 g/mol. The molecule has 1 amide bonds. The van der Waals surface area contributed by atoms with E-state index in [1.165, 1.54) is 4.31 Å². The highest BCUT2D eigenvalue weighted by Crippen LogP contribution is 2.27. The molecule has 0 atom stereocenters. The predicted molar refractivity (Wildman–Crippen MR) is 127 cm³/mol. The maximum absolute atomic E-state index is 13.4. The quantitative estimate of drug-likeness (QED) is 0.384. The molecule has 0 heterocycles. The summed E-state index contributed by atoms with van der Waals surface area (Å²) >= 11 is 1.64. The second-order valence-corrected chi connectivity index (χ2v) is 10.2. The highest BCUT2D eigenvalue weighted by Gasteiger charge is 2.28. The third kappa shape index (κ3) is 6.12. The van der Waals surface area contributed by atoms with Gasteiger partial charge in [0.2, 0.25) is 5.91 Å². The van der Waals surface area contributed by atoms with Gasteiger partial charge in [0.25, 0.3) is 10.0 Å². The van der Waals surface area contributed by atoms with E-state index in [4.69, 9.17) is 0 Å². The van der Waals surface area contributed by atoms with Gasteiger partial charge in [0, 0.05) is 17.2 Å². The first-order valence-corrected chi connectivity index (χ1v) is 12.4. The van der Waals surface area contributed by atoms with E-state index in [-0.39, 0.29) is 17.3 Å². The topological polar surface area (TPSA) is 66.5 Å². The molecule has 0 radical (unpaired) electrons. The predicted octanol–water partition coefficient (Wildman–Crippen LogP) is 4.41. The number of carbonyl (C=O) groups is 1. The summed E-state index contributed by atoms with van der Waals surface area (Å²) in [6, 6.07) is 23.7. The van der Waals surface area contributed by atoms with Crippen LogP contribution in [0.25, 0.3) is 0 Å². The SMILES string of the molecule is Cc1ccc(C)c(N(CC(=O)NCCSc2ccccc2)S(=O)(=O)c2ccccc2)c1. The number of nitrogens with one attached hydrogen (secondary N) is 1. The summed E-state index contributed by atoms with van der Waals surface area (Å²) in [5, 5.41) is 2.84. The fourth-order valence-electron chi connectivity index (χ4n) is 3.07. The van der Waals surface area contributed by atoms with Crippen molar-refractivity contribution in [2.75, 3.05) is 23.1 Å². The van der Waals surface area contributed by atoms with E-state index < -0.39 is 10.0 Å². The fourth-order valence-corrected chi connectivity index (χ4v) is 5.36. The zero-order chi connectivity index (χ0) is 22.3. The normalized spacial score (nSPS) is 11.2. The van der Waals surface area contributed by atoms with Crippen LogP contribution in [0.2, 0.25) is 0 Å². The highest BCUT2D eigenvalue weighted by molar-refractivity contribution is 7.99. The molecule has 0 unspecified atom stereocenters. The smallest absolute Gasteiger partial charge is 0.264 e. The van der Waals surface area contributed by atoms with E-state index in [1.807, 2.05) is 56.3 Å². The van der Waals surface area contributed by atoms with Crippen molar-refractivity contribution in [2.24, 2.45) is 0 Å². The standard InChI is InChI=1S/C24H26N2O3S2/c1-19-13-14-20(2)23(17-19)26(31(28,29)22-11-7-4-8-12-22)18-24(27)25-15-16-30-21-9-5-3-6-10-21/h3-14,17H,15-16,18H2,1-2H3,(H,25,27). The first kappa shape index (κ1) is 22.9. The highest BCUT2D eigenvalue weighted by atomic mass is 32.2. The fraction of sp³-hybridized carbons (Fsp3) is 0.208. The number of thioether (sulfide) groups is 1. The van der Waals surface area contributed by atoms with Crippen molar-refractivity contribution in [1.29, 1.82) is 0 Å². The Hall–Kier alpha value is -2.77. The Balaban J connectivity index is 1.75. The molecule has 0 spiro atoms. The minimum Gasteiger partial charge on any atom is -0.354 e. The van der Waals surface area contributed by atoms with Gasteiger partial charge in [0.15, 0.2) is 0 Å². The molecule has 0 aliphatic carbocycles. The van der Waals surface area contributed by atoms with Gasteiger partial charge in [-0.2, -0.15) is 0 Å². The molecule has 0 saturated heterocycles. The molecule has 31 heavy (non-hydrogen) atoms. The zero-order valence-electron chi connectivity index (χ0n) is 17.6. The molecule has 0 aliphatic rings. The van der Waals surface area contributed by atoms with Gasteiger partial charge < -0.3 is 5.32 Å². The molecular weight excluding hydrogens is 428 g/mol. The summed E-state index contributed by atoms with van der Waals surface area (Å²) in [5.41, 5.74) is 2.23. The number of nitrogens with zero attached hydrogens (tertiary/aromatic N) is 1. The molecule has 5 nitrogen and oxygen atoms in total. The number of aryl methyl sites for hydroxylation is 2. The van der Waals surface area contributed by atoms with Crippen LogP contribution in [0.4, 0.5) is 5.69 Å². The van der Waals surface area contributed by atoms with Crippen LogP contribution in [-0.2, 0) is 14.8 Å². The molecule has 7 heteroatoms. The molecule has 0 bridgehead atoms. The molecule has 3 rings (SSSR count). The zero-order valence-corrected chi connectivity index (χ0v) is 19.2. The lowest BCUT2D eigenvalue weighted by Gasteiger charge is -2.26. The van der Waals surface area contributed by atoms with E-state index in [1.54, 1.807) is 48.2 Å². The lowest BCUT2D eigenvalue weighted by molar-refractivity contribution is -0.119. The summed E-state index contributed by atoms with van der Waals surface area (Å²) in [6.07, 6.45) is 0. The Labute approximate surface area is 188 Å². The molecule has 3 aromatic rings. The van der Waals surface area contributed by atoms with Gasteiger partial charge >= 0.3 is 0 Å². The molecule has 1 N–H and O–H groups in total. The minimum absolute atomic E-state index is 0.156. The number of carbonyl (C=O) groups excluding carboxylic acids is 1. The van der Waals surface area contributed by atoms with Crippen LogP contribution in [-0.4, -0.2) is 33.2 Å². The summed E-state index contributed by atoms with van der Waals surface area (Å²) in [7, 11) is -3.89. The van der Waals surface area contributed by atoms with Crippen molar-refractivity contribution in [3.8, 4) is 0 Å². The van der Waals surface area contributed by atoms with Crippen LogP contribution < -0.4 is 9.62 Å². The third-order valence-corrected chi connectivity index (χ3v) is 7.48. The molecule has 0 aliphatic heterocycles. The lowest BCUT2D eigenvalue weighted by atomic mass is 10.1. The van der Waals surface area contributed by atoms with Gasteiger partial charge in [0.05, 0.1) is 10.6 Å². The number of hydrogen-bond acceptors (Lipinski definition) is 4. The van der Waals surface area contributed by atoms with E-state index in [2.05, 4.69) is 5.32 Å². The molecule has 162 valence electrons. The number of amides is 1. The monoisotopic (exact) mass is 454 g/mol. The Kier molecular flexibility index (Phi) is 7.76.